The fourth-order valence-electron chi connectivity index (χ4n) is 4.22. The van der Waals surface area contributed by atoms with Crippen LogP contribution >= 0.6 is 0 Å². The highest BCUT2D eigenvalue weighted by Crippen LogP contribution is 2.30. The number of carbonyl (C=O) groups excluding carboxylic acids is 2. The van der Waals surface area contributed by atoms with Crippen LogP contribution in [0.1, 0.15) is 18.4 Å². The first kappa shape index (κ1) is 20.9. The SMILES string of the molecule is O=C(OC1CN2CCC1CC2)C(=O)ON(Cc1ccccc1-c1ccccc1)C(=O)O. The lowest BCUT2D eigenvalue weighted by molar-refractivity contribution is -0.198. The smallest absolute Gasteiger partial charge is 0.441 e. The molecular formula is C23H24N2O6. The van der Waals surface area contributed by atoms with E-state index >= 15 is 0 Å². The molecule has 5 rings (SSSR count). The van der Waals surface area contributed by atoms with Gasteiger partial charge in [-0.25, -0.2) is 14.4 Å². The Labute approximate surface area is 179 Å². The number of benzene rings is 2. The maximum atomic E-state index is 12.3. The van der Waals surface area contributed by atoms with Crippen molar-refractivity contribution in [3.63, 3.8) is 0 Å². The van der Waals surface area contributed by atoms with Crippen molar-refractivity contribution in [1.82, 2.24) is 9.96 Å². The Balaban J connectivity index is 1.42. The van der Waals surface area contributed by atoms with Crippen LogP contribution in [0.3, 0.4) is 0 Å². The number of amides is 1. The Morgan fingerprint density at radius 3 is 2.29 bits per heavy atom. The van der Waals surface area contributed by atoms with Crippen LogP contribution in [0.2, 0.25) is 0 Å². The number of hydrogen-bond donors (Lipinski definition) is 1. The zero-order valence-electron chi connectivity index (χ0n) is 17.0. The fourth-order valence-corrected chi connectivity index (χ4v) is 4.22. The molecule has 3 fully saturated rings. The Hall–Kier alpha value is -3.39. The molecular weight excluding hydrogens is 400 g/mol. The van der Waals surface area contributed by atoms with Gasteiger partial charge < -0.3 is 14.7 Å². The van der Waals surface area contributed by atoms with E-state index in [4.69, 9.17) is 9.57 Å². The van der Waals surface area contributed by atoms with E-state index in [1.54, 1.807) is 12.1 Å². The highest BCUT2D eigenvalue weighted by Gasteiger charge is 2.38. The van der Waals surface area contributed by atoms with Gasteiger partial charge in [-0.15, -0.1) is 5.06 Å². The lowest BCUT2D eigenvalue weighted by atomic mass is 9.86. The maximum Gasteiger partial charge on any atom is 0.441 e. The predicted molar refractivity (Wildman–Crippen MR) is 111 cm³/mol. The van der Waals surface area contributed by atoms with Gasteiger partial charge in [0.05, 0.1) is 6.54 Å². The van der Waals surface area contributed by atoms with Crippen LogP contribution in [0, 0.1) is 5.92 Å². The number of rotatable bonds is 4. The number of fused-ring (bicyclic) bond motifs is 3. The molecule has 2 bridgehead atoms. The molecule has 2 aromatic rings. The lowest BCUT2D eigenvalue weighted by Crippen LogP contribution is -2.52. The summed E-state index contributed by atoms with van der Waals surface area (Å²) >= 11 is 0. The summed E-state index contributed by atoms with van der Waals surface area (Å²) in [6.07, 6.45) is 0.00107. The topological polar surface area (TPSA) is 96.4 Å². The van der Waals surface area contributed by atoms with Gasteiger partial charge in [0.2, 0.25) is 0 Å². The minimum Gasteiger partial charge on any atom is -0.463 e. The van der Waals surface area contributed by atoms with Gasteiger partial charge in [-0.1, -0.05) is 54.6 Å². The van der Waals surface area contributed by atoms with Gasteiger partial charge in [0.1, 0.15) is 6.10 Å². The number of nitrogens with zero attached hydrogens (tertiary/aromatic N) is 2. The summed E-state index contributed by atoms with van der Waals surface area (Å²) in [5, 5.41) is 9.98. The van der Waals surface area contributed by atoms with Gasteiger partial charge in [-0.2, -0.15) is 0 Å². The Kier molecular flexibility index (Phi) is 6.18. The summed E-state index contributed by atoms with van der Waals surface area (Å²) in [4.78, 5) is 43.3. The van der Waals surface area contributed by atoms with Gasteiger partial charge in [0.25, 0.3) is 0 Å². The van der Waals surface area contributed by atoms with E-state index in [0.29, 0.717) is 17.2 Å². The zero-order valence-corrected chi connectivity index (χ0v) is 17.0. The van der Waals surface area contributed by atoms with Crippen molar-refractivity contribution in [2.75, 3.05) is 19.6 Å². The standard InChI is InChI=1S/C23H24N2O6/c26-21(30-20-15-24-12-10-17(20)11-13-24)22(27)31-25(23(28)29)14-18-8-4-5-9-19(18)16-6-2-1-3-7-16/h1-9,17,20H,10-15H2,(H,28,29). The minimum absolute atomic E-state index is 0.223. The van der Waals surface area contributed by atoms with E-state index in [2.05, 4.69) is 4.90 Å². The first-order valence-corrected chi connectivity index (χ1v) is 10.3. The molecule has 8 heteroatoms. The number of carbonyl (C=O) groups is 3. The van der Waals surface area contributed by atoms with E-state index in [-0.39, 0.29) is 18.6 Å². The molecule has 2 aromatic carbocycles. The number of esters is 1. The number of piperidine rings is 3. The van der Waals surface area contributed by atoms with E-state index in [9.17, 15) is 19.5 Å². The third-order valence-electron chi connectivity index (χ3n) is 5.84. The number of ether oxygens (including phenoxy) is 1. The van der Waals surface area contributed by atoms with Crippen molar-refractivity contribution >= 4 is 18.0 Å². The van der Waals surface area contributed by atoms with Gasteiger partial charge in [-0.05, 0) is 48.5 Å². The van der Waals surface area contributed by atoms with E-state index < -0.39 is 18.0 Å². The largest absolute Gasteiger partial charge is 0.463 e. The molecule has 1 amide bonds. The molecule has 0 spiro atoms. The molecule has 1 unspecified atom stereocenters. The molecule has 3 heterocycles. The highest BCUT2D eigenvalue weighted by molar-refractivity contribution is 6.29. The highest BCUT2D eigenvalue weighted by atomic mass is 16.7. The molecule has 0 aliphatic carbocycles. The quantitative estimate of drug-likeness (QED) is 0.458. The summed E-state index contributed by atoms with van der Waals surface area (Å²) in [7, 11) is 0. The van der Waals surface area contributed by atoms with Crippen molar-refractivity contribution in [3.8, 4) is 11.1 Å². The average molecular weight is 424 g/mol. The van der Waals surface area contributed by atoms with Crippen LogP contribution in [-0.4, -0.2) is 58.8 Å². The lowest BCUT2D eigenvalue weighted by Gasteiger charge is -2.43. The van der Waals surface area contributed by atoms with Crippen molar-refractivity contribution < 1.29 is 29.1 Å². The van der Waals surface area contributed by atoms with Crippen LogP contribution in [0.5, 0.6) is 0 Å². The predicted octanol–water partition coefficient (Wildman–Crippen LogP) is 2.93. The van der Waals surface area contributed by atoms with Crippen molar-refractivity contribution in [1.29, 1.82) is 0 Å². The average Bonchev–Trinajstić information content (AvgIpc) is 2.80. The fraction of sp³-hybridized carbons (Fsp3) is 0.348. The second kappa shape index (κ2) is 9.18. The van der Waals surface area contributed by atoms with Gasteiger partial charge in [0, 0.05) is 6.54 Å². The normalized spacial score (nSPS) is 21.9. The van der Waals surface area contributed by atoms with Crippen LogP contribution < -0.4 is 0 Å². The number of hydrogen-bond acceptors (Lipinski definition) is 6. The molecule has 3 aliphatic rings. The minimum atomic E-state index is -1.48. The van der Waals surface area contributed by atoms with Crippen molar-refractivity contribution in [3.05, 3.63) is 60.2 Å². The molecule has 3 aliphatic heterocycles. The summed E-state index contributed by atoms with van der Waals surface area (Å²) in [6, 6.07) is 16.7. The number of hydroxylamine groups is 2. The maximum absolute atomic E-state index is 12.3. The van der Waals surface area contributed by atoms with Crippen LogP contribution in [-0.2, 0) is 25.7 Å². The van der Waals surface area contributed by atoms with Crippen molar-refractivity contribution in [2.24, 2.45) is 5.92 Å². The molecule has 3 saturated heterocycles. The van der Waals surface area contributed by atoms with E-state index in [0.717, 1.165) is 37.1 Å². The monoisotopic (exact) mass is 424 g/mol. The molecule has 162 valence electrons. The van der Waals surface area contributed by atoms with Gasteiger partial charge in [0.15, 0.2) is 0 Å². The van der Waals surface area contributed by atoms with Crippen LogP contribution in [0.15, 0.2) is 54.6 Å². The first-order valence-electron chi connectivity index (χ1n) is 10.3. The Morgan fingerprint density at radius 1 is 0.968 bits per heavy atom. The second-order valence-electron chi connectivity index (χ2n) is 7.80. The summed E-state index contributed by atoms with van der Waals surface area (Å²) in [5.74, 6) is -2.27. The molecule has 31 heavy (non-hydrogen) atoms. The molecule has 0 radical (unpaired) electrons. The molecule has 1 N–H and O–H groups in total. The summed E-state index contributed by atoms with van der Waals surface area (Å²) in [6.45, 7) is 2.31. The van der Waals surface area contributed by atoms with Gasteiger partial charge in [-0.3, -0.25) is 4.90 Å². The van der Waals surface area contributed by atoms with Crippen molar-refractivity contribution in [2.45, 2.75) is 25.5 Å². The summed E-state index contributed by atoms with van der Waals surface area (Å²) in [5.41, 5.74) is 2.34. The molecule has 1 atom stereocenters. The Morgan fingerprint density at radius 2 is 1.65 bits per heavy atom. The third-order valence-corrected chi connectivity index (χ3v) is 5.84. The van der Waals surface area contributed by atoms with Crippen LogP contribution in [0.4, 0.5) is 4.79 Å². The molecule has 0 aromatic heterocycles. The molecule has 8 nitrogen and oxygen atoms in total. The Bertz CT molecular complexity index is 956. The van der Waals surface area contributed by atoms with Crippen LogP contribution in [0.25, 0.3) is 11.1 Å². The second-order valence-corrected chi connectivity index (χ2v) is 7.80. The first-order chi connectivity index (χ1) is 15.0. The van der Waals surface area contributed by atoms with Gasteiger partial charge >= 0.3 is 18.0 Å². The summed E-state index contributed by atoms with van der Waals surface area (Å²) < 4.78 is 5.34. The number of carboxylic acid groups (broad SMARTS) is 1. The van der Waals surface area contributed by atoms with E-state index in [1.807, 2.05) is 42.5 Å². The van der Waals surface area contributed by atoms with E-state index in [1.165, 1.54) is 0 Å². The third kappa shape index (κ3) is 4.86. The zero-order chi connectivity index (χ0) is 21.8. The molecule has 0 saturated carbocycles.